The van der Waals surface area contributed by atoms with Gasteiger partial charge in [-0.1, -0.05) is 72.8 Å². The molecule has 1 N–H and O–H groups in total. The number of hydrogen-bond donors (Lipinski definition) is 1. The Labute approximate surface area is 250 Å². The van der Waals surface area contributed by atoms with Crippen molar-refractivity contribution in [2.24, 2.45) is 0 Å². The minimum absolute atomic E-state index is 0. The van der Waals surface area contributed by atoms with Gasteiger partial charge in [0.1, 0.15) is 5.60 Å². The predicted molar refractivity (Wildman–Crippen MR) is 122 cm³/mol. The molecular weight excluding hydrogens is 464 g/mol. The van der Waals surface area contributed by atoms with E-state index >= 15 is 0 Å². The standard InChI is InChI=1S/C27H29NO5.2Na/c29-25(30)16-8-18-28(19-9-17-26(31)32)24-15-7-14-23(20-24)27(33,21-10-3-1-4-11-21)22-12-5-2-6-13-22;;/h1-7,10-15,20,33H,8-9,16-19H2,(H,29,30)(H,31,32);;/q;2*+1/p-2. The zero-order chi connectivity index (χ0) is 23.7. The topological polar surface area (TPSA) is 104 Å². The number of aliphatic hydroxyl groups is 1. The van der Waals surface area contributed by atoms with Gasteiger partial charge in [0.05, 0.1) is 0 Å². The quantitative estimate of drug-likeness (QED) is 0.204. The fourth-order valence-corrected chi connectivity index (χ4v) is 3.98. The molecule has 172 valence electrons. The van der Waals surface area contributed by atoms with Gasteiger partial charge >= 0.3 is 59.1 Å². The maximum absolute atomic E-state index is 12.0. The van der Waals surface area contributed by atoms with Crippen molar-refractivity contribution in [1.29, 1.82) is 0 Å². The number of rotatable bonds is 12. The number of anilines is 1. The Kier molecular flexibility index (Phi) is 13.9. The van der Waals surface area contributed by atoms with E-state index in [1.807, 2.05) is 89.8 Å². The van der Waals surface area contributed by atoms with Crippen molar-refractivity contribution in [2.45, 2.75) is 31.3 Å². The summed E-state index contributed by atoms with van der Waals surface area (Å²) in [5, 5.41) is 33.8. The normalized spacial score (nSPS) is 10.5. The van der Waals surface area contributed by atoms with Crippen molar-refractivity contribution in [2.75, 3.05) is 18.0 Å². The van der Waals surface area contributed by atoms with Crippen LogP contribution in [-0.4, -0.2) is 30.1 Å². The summed E-state index contributed by atoms with van der Waals surface area (Å²) in [6.45, 7) is 0.833. The summed E-state index contributed by atoms with van der Waals surface area (Å²) in [5.74, 6) is -2.25. The molecule has 0 unspecified atom stereocenters. The minimum Gasteiger partial charge on any atom is -0.550 e. The molecule has 6 nitrogen and oxygen atoms in total. The van der Waals surface area contributed by atoms with E-state index in [0.717, 1.165) is 5.69 Å². The fourth-order valence-electron chi connectivity index (χ4n) is 3.98. The molecule has 0 radical (unpaired) electrons. The van der Waals surface area contributed by atoms with Crippen LogP contribution in [0, 0.1) is 0 Å². The van der Waals surface area contributed by atoms with Gasteiger partial charge in [0.25, 0.3) is 0 Å². The summed E-state index contributed by atoms with van der Waals surface area (Å²) in [6, 6.07) is 26.2. The molecule has 0 bridgehead atoms. The molecule has 0 saturated carbocycles. The third-order valence-corrected chi connectivity index (χ3v) is 5.63. The van der Waals surface area contributed by atoms with Crippen LogP contribution in [0.15, 0.2) is 84.9 Å². The van der Waals surface area contributed by atoms with Crippen LogP contribution < -0.4 is 74.2 Å². The van der Waals surface area contributed by atoms with E-state index in [4.69, 9.17) is 0 Å². The third kappa shape index (κ3) is 8.76. The monoisotopic (exact) mass is 491 g/mol. The first-order valence-corrected chi connectivity index (χ1v) is 11.0. The largest absolute Gasteiger partial charge is 1.00 e. The maximum Gasteiger partial charge on any atom is 1.00 e. The first-order valence-electron chi connectivity index (χ1n) is 11.0. The molecule has 3 rings (SSSR count). The minimum atomic E-state index is -1.40. The zero-order valence-electron chi connectivity index (χ0n) is 20.4. The third-order valence-electron chi connectivity index (χ3n) is 5.63. The second kappa shape index (κ2) is 15.5. The van der Waals surface area contributed by atoms with Gasteiger partial charge in [0.15, 0.2) is 0 Å². The molecule has 8 heteroatoms. The van der Waals surface area contributed by atoms with Gasteiger partial charge in [0, 0.05) is 30.7 Å². The summed E-state index contributed by atoms with van der Waals surface area (Å²) in [7, 11) is 0. The van der Waals surface area contributed by atoms with E-state index in [0.29, 0.717) is 42.6 Å². The van der Waals surface area contributed by atoms with Crippen LogP contribution >= 0.6 is 0 Å². The van der Waals surface area contributed by atoms with E-state index in [-0.39, 0.29) is 72.0 Å². The van der Waals surface area contributed by atoms with Gasteiger partial charge in [-0.2, -0.15) is 0 Å². The molecule has 35 heavy (non-hydrogen) atoms. The van der Waals surface area contributed by atoms with E-state index in [2.05, 4.69) is 0 Å². The Morgan fingerprint density at radius 3 is 1.54 bits per heavy atom. The fraction of sp³-hybridized carbons (Fsp3) is 0.259. The predicted octanol–water partition coefficient (Wildman–Crippen LogP) is -4.15. The van der Waals surface area contributed by atoms with Crippen LogP contribution in [0.25, 0.3) is 0 Å². The molecular formula is C27H27NNa2O5. The number of carboxylic acids is 2. The van der Waals surface area contributed by atoms with Crippen molar-refractivity contribution in [3.8, 4) is 0 Å². The molecule has 3 aromatic carbocycles. The zero-order valence-corrected chi connectivity index (χ0v) is 24.4. The van der Waals surface area contributed by atoms with Crippen molar-refractivity contribution < 1.29 is 84.0 Å². The molecule has 0 saturated heterocycles. The molecule has 0 aliphatic carbocycles. The Balaban J connectivity index is 0.00000306. The van der Waals surface area contributed by atoms with Gasteiger partial charge in [0.2, 0.25) is 0 Å². The molecule has 0 aliphatic rings. The average Bonchev–Trinajstić information content (AvgIpc) is 2.83. The SMILES string of the molecule is O=C([O-])CCCN(CCCC(=O)[O-])c1cccc(C(O)(c2ccccc2)c2ccccc2)c1.[Na+].[Na+]. The number of benzene rings is 3. The molecule has 0 aliphatic heterocycles. The van der Waals surface area contributed by atoms with Gasteiger partial charge in [-0.15, -0.1) is 0 Å². The second-order valence-electron chi connectivity index (χ2n) is 7.93. The van der Waals surface area contributed by atoms with E-state index in [1.165, 1.54) is 0 Å². The summed E-state index contributed by atoms with van der Waals surface area (Å²) < 4.78 is 0. The van der Waals surface area contributed by atoms with Crippen molar-refractivity contribution in [3.05, 3.63) is 102 Å². The van der Waals surface area contributed by atoms with Crippen LogP contribution in [0.1, 0.15) is 42.4 Å². The van der Waals surface area contributed by atoms with Crippen LogP contribution in [0.2, 0.25) is 0 Å². The Hall–Kier alpha value is -1.64. The molecule has 0 amide bonds. The molecule has 3 aromatic rings. The summed E-state index contributed by atoms with van der Waals surface area (Å²) in [5.41, 5.74) is 1.46. The Morgan fingerprint density at radius 2 is 1.11 bits per heavy atom. The molecule has 0 fully saturated rings. The number of aliphatic carboxylic acids is 2. The van der Waals surface area contributed by atoms with E-state index in [9.17, 15) is 24.9 Å². The first-order chi connectivity index (χ1) is 15.9. The van der Waals surface area contributed by atoms with E-state index in [1.54, 1.807) is 0 Å². The van der Waals surface area contributed by atoms with Crippen molar-refractivity contribution in [1.82, 2.24) is 0 Å². The molecule has 0 spiro atoms. The molecule has 0 aromatic heterocycles. The number of carboxylic acid groups (broad SMARTS) is 2. The average molecular weight is 491 g/mol. The number of nitrogens with zero attached hydrogens (tertiary/aromatic N) is 1. The van der Waals surface area contributed by atoms with Crippen LogP contribution in [0.3, 0.4) is 0 Å². The molecule has 0 atom stereocenters. The summed E-state index contributed by atoms with van der Waals surface area (Å²) in [6.07, 6.45) is 0.544. The maximum atomic E-state index is 12.0. The van der Waals surface area contributed by atoms with Gasteiger partial charge in [-0.3, -0.25) is 0 Å². The van der Waals surface area contributed by atoms with Gasteiger partial charge in [-0.25, -0.2) is 0 Å². The number of carbonyl (C=O) groups excluding carboxylic acids is 2. The van der Waals surface area contributed by atoms with Gasteiger partial charge < -0.3 is 29.8 Å². The summed E-state index contributed by atoms with van der Waals surface area (Å²) in [4.78, 5) is 23.7. The summed E-state index contributed by atoms with van der Waals surface area (Å²) >= 11 is 0. The van der Waals surface area contributed by atoms with Crippen LogP contribution in [-0.2, 0) is 15.2 Å². The Morgan fingerprint density at radius 1 is 0.686 bits per heavy atom. The second-order valence-corrected chi connectivity index (χ2v) is 7.93. The number of hydrogen-bond acceptors (Lipinski definition) is 6. The van der Waals surface area contributed by atoms with Crippen LogP contribution in [0.5, 0.6) is 0 Å². The number of carbonyl (C=O) groups is 2. The van der Waals surface area contributed by atoms with Gasteiger partial charge in [-0.05, 0) is 54.5 Å². The van der Waals surface area contributed by atoms with Crippen LogP contribution in [0.4, 0.5) is 5.69 Å². The Bertz CT molecular complexity index is 1000. The van der Waals surface area contributed by atoms with E-state index < -0.39 is 17.5 Å². The van der Waals surface area contributed by atoms with Crippen molar-refractivity contribution in [3.63, 3.8) is 0 Å². The van der Waals surface area contributed by atoms with Crippen molar-refractivity contribution >= 4 is 17.6 Å². The molecule has 0 heterocycles. The smallest absolute Gasteiger partial charge is 0.550 e. The first kappa shape index (κ1) is 31.4.